The molecule has 0 aliphatic heterocycles. The molecule has 7 heteroatoms. The first-order valence-corrected chi connectivity index (χ1v) is 8.32. The van der Waals surface area contributed by atoms with E-state index in [2.05, 4.69) is 24.5 Å². The maximum absolute atomic E-state index is 12.1. The van der Waals surface area contributed by atoms with Gasteiger partial charge in [0.05, 0.1) is 5.69 Å². The first kappa shape index (κ1) is 16.0. The molecule has 1 rings (SSSR count). The number of nitrogens with zero attached hydrogens (tertiary/aromatic N) is 1. The summed E-state index contributed by atoms with van der Waals surface area (Å²) in [7, 11) is 5.18. The van der Waals surface area contributed by atoms with Crippen LogP contribution in [0.2, 0.25) is 0 Å². The molecule has 1 heterocycles. The highest BCUT2D eigenvalue weighted by molar-refractivity contribution is 8.76. The highest BCUT2D eigenvalue weighted by Crippen LogP contribution is 2.32. The zero-order valence-corrected chi connectivity index (χ0v) is 13.2. The van der Waals surface area contributed by atoms with Crippen LogP contribution in [0.1, 0.15) is 24.3 Å². The van der Waals surface area contributed by atoms with Crippen molar-refractivity contribution in [2.75, 3.05) is 18.1 Å². The van der Waals surface area contributed by atoms with E-state index in [0.717, 1.165) is 0 Å². The van der Waals surface area contributed by atoms with Crippen LogP contribution in [0.4, 0.5) is 5.69 Å². The predicted octanol–water partition coefficient (Wildman–Crippen LogP) is 2.11. The number of nitrogens with one attached hydrogen (secondary N) is 2. The minimum atomic E-state index is -0.142. The molecule has 0 bridgehead atoms. The number of rotatable bonds is 7. The number of carbonyl (C=O) groups is 2. The summed E-state index contributed by atoms with van der Waals surface area (Å²) in [6, 6.07) is 1.65. The molecule has 0 aromatic carbocycles. The van der Waals surface area contributed by atoms with Crippen molar-refractivity contribution in [3.05, 3.63) is 18.0 Å². The van der Waals surface area contributed by atoms with Gasteiger partial charge in [0.25, 0.3) is 5.91 Å². The molecule has 0 spiro atoms. The van der Waals surface area contributed by atoms with Crippen molar-refractivity contribution in [1.82, 2.24) is 9.88 Å². The lowest BCUT2D eigenvalue weighted by Gasteiger charge is -2.22. The molecular formula is C12H19N3O2S2. The molecule has 2 amide bonds. The van der Waals surface area contributed by atoms with Crippen LogP contribution in [-0.2, 0) is 11.8 Å². The van der Waals surface area contributed by atoms with Crippen molar-refractivity contribution in [2.45, 2.75) is 18.6 Å². The first-order chi connectivity index (χ1) is 8.89. The normalized spacial score (nSPS) is 11.2. The van der Waals surface area contributed by atoms with Gasteiger partial charge in [-0.15, -0.1) is 0 Å². The molecule has 1 aromatic heterocycles. The van der Waals surface area contributed by atoms with Crippen molar-refractivity contribution in [3.63, 3.8) is 0 Å². The summed E-state index contributed by atoms with van der Waals surface area (Å²) in [5, 5.41) is 5.44. The summed E-state index contributed by atoms with van der Waals surface area (Å²) >= 11 is 0. The fourth-order valence-electron chi connectivity index (χ4n) is 1.58. The van der Waals surface area contributed by atoms with Gasteiger partial charge < -0.3 is 15.2 Å². The second-order valence-electron chi connectivity index (χ2n) is 4.68. The Kier molecular flexibility index (Phi) is 5.81. The van der Waals surface area contributed by atoms with Gasteiger partial charge in [-0.25, -0.2) is 0 Å². The average Bonchev–Trinajstić information content (AvgIpc) is 2.68. The number of amides is 2. The Morgan fingerprint density at radius 3 is 2.79 bits per heavy atom. The topological polar surface area (TPSA) is 63.1 Å². The van der Waals surface area contributed by atoms with E-state index in [9.17, 15) is 9.59 Å². The van der Waals surface area contributed by atoms with Gasteiger partial charge in [-0.1, -0.05) is 21.6 Å². The van der Waals surface area contributed by atoms with Crippen LogP contribution in [0, 0.1) is 0 Å². The van der Waals surface area contributed by atoms with E-state index >= 15 is 0 Å². The fraction of sp³-hybridized carbons (Fsp3) is 0.500. The molecule has 0 unspecified atom stereocenters. The zero-order chi connectivity index (χ0) is 14.5. The van der Waals surface area contributed by atoms with Crippen LogP contribution in [0.15, 0.2) is 12.3 Å². The Hall–Kier alpha value is -1.08. The standard InChI is InChI=1S/C12H19N3O2S2/c1-12(2,19-18-4)7-13-11(17)10-5-9(14-8-16)6-15(10)3/h5-6,8H,7H2,1-4H3,(H,13,17)(H,14,16). The molecule has 0 radical (unpaired) electrons. The second-order valence-corrected chi connectivity index (χ2v) is 7.78. The average molecular weight is 301 g/mol. The molecule has 1 aromatic rings. The molecule has 106 valence electrons. The Morgan fingerprint density at radius 2 is 2.21 bits per heavy atom. The van der Waals surface area contributed by atoms with Gasteiger partial charge in [-0.05, 0) is 26.2 Å². The molecule has 5 nitrogen and oxygen atoms in total. The molecular weight excluding hydrogens is 282 g/mol. The van der Waals surface area contributed by atoms with Crippen molar-refractivity contribution >= 4 is 39.6 Å². The molecule has 0 saturated carbocycles. The smallest absolute Gasteiger partial charge is 0.268 e. The SMILES string of the molecule is CSSC(C)(C)CNC(=O)c1cc(NC=O)cn1C. The number of aryl methyl sites for hydroxylation is 1. The van der Waals surface area contributed by atoms with E-state index in [1.807, 2.05) is 6.26 Å². The van der Waals surface area contributed by atoms with Gasteiger partial charge in [0.2, 0.25) is 6.41 Å². The van der Waals surface area contributed by atoms with E-state index in [1.165, 1.54) is 0 Å². The lowest BCUT2D eigenvalue weighted by molar-refractivity contribution is -0.105. The van der Waals surface area contributed by atoms with Gasteiger partial charge in [0, 0.05) is 24.5 Å². The maximum Gasteiger partial charge on any atom is 0.268 e. The summed E-state index contributed by atoms with van der Waals surface area (Å²) in [5.41, 5.74) is 1.13. The molecule has 0 aliphatic rings. The lowest BCUT2D eigenvalue weighted by Crippen LogP contribution is -2.36. The third kappa shape index (κ3) is 4.83. The van der Waals surface area contributed by atoms with Crippen LogP contribution in [0.25, 0.3) is 0 Å². The number of hydrogen-bond donors (Lipinski definition) is 2. The summed E-state index contributed by atoms with van der Waals surface area (Å²) in [6.07, 6.45) is 4.31. The highest BCUT2D eigenvalue weighted by atomic mass is 33.1. The van der Waals surface area contributed by atoms with E-state index < -0.39 is 0 Å². The Bertz CT molecular complexity index is 458. The lowest BCUT2D eigenvalue weighted by atomic mass is 10.2. The number of hydrogen-bond acceptors (Lipinski definition) is 4. The molecule has 0 aliphatic carbocycles. The third-order valence-corrected chi connectivity index (χ3v) is 5.06. The van der Waals surface area contributed by atoms with Crippen LogP contribution < -0.4 is 10.6 Å². The van der Waals surface area contributed by atoms with E-state index in [-0.39, 0.29) is 10.7 Å². The van der Waals surface area contributed by atoms with E-state index in [4.69, 9.17) is 0 Å². The van der Waals surface area contributed by atoms with Gasteiger partial charge in [0.1, 0.15) is 5.69 Å². The summed E-state index contributed by atoms with van der Waals surface area (Å²) < 4.78 is 1.67. The summed E-state index contributed by atoms with van der Waals surface area (Å²) in [4.78, 5) is 22.4. The highest BCUT2D eigenvalue weighted by Gasteiger charge is 2.20. The van der Waals surface area contributed by atoms with E-state index in [0.29, 0.717) is 24.3 Å². The number of carbonyl (C=O) groups excluding carboxylic acids is 2. The van der Waals surface area contributed by atoms with Gasteiger partial charge in [-0.2, -0.15) is 0 Å². The van der Waals surface area contributed by atoms with Crippen LogP contribution in [-0.4, -0.2) is 34.4 Å². The summed E-state index contributed by atoms with van der Waals surface area (Å²) in [5.74, 6) is -0.142. The van der Waals surface area contributed by atoms with Crippen molar-refractivity contribution in [3.8, 4) is 0 Å². The zero-order valence-electron chi connectivity index (χ0n) is 11.5. The number of anilines is 1. The van der Waals surface area contributed by atoms with Crippen molar-refractivity contribution < 1.29 is 9.59 Å². The monoisotopic (exact) mass is 301 g/mol. The first-order valence-electron chi connectivity index (χ1n) is 5.76. The minimum Gasteiger partial charge on any atom is -0.349 e. The summed E-state index contributed by atoms with van der Waals surface area (Å²) in [6.45, 7) is 4.75. The predicted molar refractivity (Wildman–Crippen MR) is 82.6 cm³/mol. The van der Waals surface area contributed by atoms with Gasteiger partial charge >= 0.3 is 0 Å². The number of aromatic nitrogens is 1. The van der Waals surface area contributed by atoms with Crippen molar-refractivity contribution in [2.24, 2.45) is 7.05 Å². The second kappa shape index (κ2) is 6.91. The largest absolute Gasteiger partial charge is 0.349 e. The van der Waals surface area contributed by atoms with Crippen molar-refractivity contribution in [1.29, 1.82) is 0 Å². The Morgan fingerprint density at radius 1 is 1.53 bits per heavy atom. The molecule has 0 atom stereocenters. The molecule has 2 N–H and O–H groups in total. The van der Waals surface area contributed by atoms with E-state index in [1.54, 1.807) is 45.5 Å². The third-order valence-electron chi connectivity index (χ3n) is 2.45. The Labute approximate surface area is 121 Å². The quantitative estimate of drug-likeness (QED) is 0.598. The fourth-order valence-corrected chi connectivity index (χ4v) is 3.69. The molecule has 0 fully saturated rings. The van der Waals surface area contributed by atoms with Gasteiger partial charge in [0.15, 0.2) is 0 Å². The Balaban J connectivity index is 2.65. The van der Waals surface area contributed by atoms with Crippen LogP contribution in [0.3, 0.4) is 0 Å². The maximum atomic E-state index is 12.1. The van der Waals surface area contributed by atoms with Gasteiger partial charge in [-0.3, -0.25) is 9.59 Å². The van der Waals surface area contributed by atoms with Crippen LogP contribution >= 0.6 is 21.6 Å². The molecule has 19 heavy (non-hydrogen) atoms. The molecule has 0 saturated heterocycles. The van der Waals surface area contributed by atoms with Crippen LogP contribution in [0.5, 0.6) is 0 Å². The minimum absolute atomic E-state index is 0.0237.